The van der Waals surface area contributed by atoms with E-state index in [0.29, 0.717) is 19.3 Å². The minimum atomic E-state index is -0.888. The molecule has 350 valence electrons. The van der Waals surface area contributed by atoms with Crippen molar-refractivity contribution in [1.82, 2.24) is 0 Å². The largest absolute Gasteiger partial charge is 0.477 e. The Labute approximate surface area is 378 Å². The predicted octanol–water partition coefficient (Wildman–Crippen LogP) is 13.6. The first-order valence-corrected chi connectivity index (χ1v) is 23.9. The van der Waals surface area contributed by atoms with Crippen LogP contribution in [0.1, 0.15) is 162 Å². The van der Waals surface area contributed by atoms with Gasteiger partial charge in [0.1, 0.15) is 6.61 Å². The number of nitrogens with zero attached hydrogens (tertiary/aromatic N) is 1. The Morgan fingerprint density at radius 2 is 0.855 bits per heavy atom. The first-order chi connectivity index (χ1) is 30.1. The molecule has 0 rings (SSSR count). The average Bonchev–Trinajstić information content (AvgIpc) is 3.23. The number of carbonyl (C=O) groups is 3. The standard InChI is InChI=1S/C54H87NO7/c1-6-8-10-12-14-16-18-20-22-24-25-26-27-28-29-31-32-34-36-38-40-42-44-52(56)61-49-50(48-60-47-46-51(54(58)59)55(3,4)5)62-53(57)45-43-41-39-37-35-33-30-23-21-19-17-15-13-11-9-7-2/h8-11,14-17,20-23,25-26,28-29,33,35,50-51H,6-7,12-13,18-19,24,27,30-32,34,36-49H2,1-5H3/p+1/b10-8+,11-9+,16-14+,17-15+,22-20+,23-21+,26-25+,29-28+,35-33+. The van der Waals surface area contributed by atoms with Crippen LogP contribution < -0.4 is 0 Å². The lowest BCUT2D eigenvalue weighted by Crippen LogP contribution is -2.50. The second-order valence-electron chi connectivity index (χ2n) is 16.6. The smallest absolute Gasteiger partial charge is 0.362 e. The van der Waals surface area contributed by atoms with Crippen LogP contribution in [0.15, 0.2) is 109 Å². The van der Waals surface area contributed by atoms with Crippen LogP contribution >= 0.6 is 0 Å². The Hall–Kier alpha value is -4.01. The van der Waals surface area contributed by atoms with Gasteiger partial charge < -0.3 is 23.8 Å². The van der Waals surface area contributed by atoms with Gasteiger partial charge >= 0.3 is 17.9 Å². The fourth-order valence-corrected chi connectivity index (χ4v) is 6.28. The Bertz CT molecular complexity index is 1370. The van der Waals surface area contributed by atoms with E-state index in [9.17, 15) is 19.5 Å². The quantitative estimate of drug-likeness (QED) is 0.0283. The molecule has 0 aromatic carbocycles. The molecule has 0 saturated carbocycles. The van der Waals surface area contributed by atoms with Gasteiger partial charge in [-0.3, -0.25) is 9.59 Å². The van der Waals surface area contributed by atoms with Crippen LogP contribution in [-0.4, -0.2) is 80.6 Å². The fraction of sp³-hybridized carbons (Fsp3) is 0.611. The Morgan fingerprint density at radius 1 is 0.484 bits per heavy atom. The maximum Gasteiger partial charge on any atom is 0.362 e. The molecule has 0 aliphatic carbocycles. The number of allylic oxidation sites excluding steroid dienone is 18. The number of likely N-dealkylation sites (N-methyl/N-ethyl adjacent to an activating group) is 1. The molecule has 0 bridgehead atoms. The third-order valence-electron chi connectivity index (χ3n) is 9.92. The van der Waals surface area contributed by atoms with Gasteiger partial charge in [-0.1, -0.05) is 155 Å². The van der Waals surface area contributed by atoms with E-state index >= 15 is 0 Å². The summed E-state index contributed by atoms with van der Waals surface area (Å²) < 4.78 is 17.3. The summed E-state index contributed by atoms with van der Waals surface area (Å²) in [5, 5.41) is 9.64. The van der Waals surface area contributed by atoms with Gasteiger partial charge in [0.2, 0.25) is 0 Å². The number of rotatable bonds is 41. The number of unbranched alkanes of at least 4 members (excludes halogenated alkanes) is 9. The van der Waals surface area contributed by atoms with E-state index in [0.717, 1.165) is 109 Å². The van der Waals surface area contributed by atoms with Crippen molar-refractivity contribution in [3.05, 3.63) is 109 Å². The van der Waals surface area contributed by atoms with E-state index in [2.05, 4.69) is 123 Å². The van der Waals surface area contributed by atoms with Crippen LogP contribution in [0.4, 0.5) is 0 Å². The highest BCUT2D eigenvalue weighted by Gasteiger charge is 2.31. The normalized spacial score (nSPS) is 13.9. The summed E-state index contributed by atoms with van der Waals surface area (Å²) in [4.78, 5) is 37.1. The van der Waals surface area contributed by atoms with Crippen molar-refractivity contribution in [3.63, 3.8) is 0 Å². The fourth-order valence-electron chi connectivity index (χ4n) is 6.28. The molecule has 0 spiro atoms. The zero-order valence-corrected chi connectivity index (χ0v) is 39.8. The minimum absolute atomic E-state index is 0.0357. The second-order valence-corrected chi connectivity index (χ2v) is 16.6. The molecule has 0 aliphatic heterocycles. The van der Waals surface area contributed by atoms with Crippen LogP contribution in [0.2, 0.25) is 0 Å². The van der Waals surface area contributed by atoms with E-state index in [1.54, 1.807) is 0 Å². The zero-order valence-electron chi connectivity index (χ0n) is 39.8. The number of hydrogen-bond donors (Lipinski definition) is 1. The number of carboxylic acid groups (broad SMARTS) is 1. The highest BCUT2D eigenvalue weighted by molar-refractivity contribution is 5.72. The van der Waals surface area contributed by atoms with E-state index < -0.39 is 18.1 Å². The van der Waals surface area contributed by atoms with Gasteiger partial charge in [0.25, 0.3) is 0 Å². The molecule has 1 N–H and O–H groups in total. The van der Waals surface area contributed by atoms with Crippen molar-refractivity contribution in [2.45, 2.75) is 174 Å². The highest BCUT2D eigenvalue weighted by Crippen LogP contribution is 2.13. The molecule has 0 aliphatic rings. The lowest BCUT2D eigenvalue weighted by atomic mass is 10.1. The second kappa shape index (κ2) is 43.6. The molecule has 0 amide bonds. The molecule has 0 radical (unpaired) electrons. The van der Waals surface area contributed by atoms with Gasteiger partial charge in [0, 0.05) is 19.3 Å². The van der Waals surface area contributed by atoms with Crippen LogP contribution in [0, 0.1) is 0 Å². The summed E-state index contributed by atoms with van der Waals surface area (Å²) in [7, 11) is 5.50. The van der Waals surface area contributed by atoms with Gasteiger partial charge in [0.15, 0.2) is 12.1 Å². The summed E-state index contributed by atoms with van der Waals surface area (Å²) in [6, 6.07) is -0.630. The van der Waals surface area contributed by atoms with E-state index in [-0.39, 0.29) is 42.7 Å². The predicted molar refractivity (Wildman–Crippen MR) is 261 cm³/mol. The molecule has 0 saturated heterocycles. The molecule has 0 aromatic heterocycles. The first kappa shape index (κ1) is 58.0. The molecular weight excluding hydrogens is 775 g/mol. The molecule has 2 unspecified atom stereocenters. The SMILES string of the molecule is CC/C=C/C/C=C/C/C=C/C/C=C/C/C=C/CCCCCCCCC(=O)OCC(COCCC(C(=O)O)[N+](C)(C)C)OC(=O)CCCCC/C=C/C/C=C/C/C=C/C/C=C/CC. The summed E-state index contributed by atoms with van der Waals surface area (Å²) in [6.07, 6.45) is 59.9. The Balaban J connectivity index is 4.38. The van der Waals surface area contributed by atoms with Crippen LogP contribution in [0.25, 0.3) is 0 Å². The number of ether oxygens (including phenoxy) is 3. The number of carboxylic acids is 1. The van der Waals surface area contributed by atoms with E-state index in [1.807, 2.05) is 21.1 Å². The van der Waals surface area contributed by atoms with Gasteiger partial charge in [-0.15, -0.1) is 0 Å². The molecule has 8 heteroatoms. The molecule has 8 nitrogen and oxygen atoms in total. The maximum atomic E-state index is 12.7. The molecule has 2 atom stereocenters. The van der Waals surface area contributed by atoms with Gasteiger partial charge in [-0.2, -0.15) is 0 Å². The van der Waals surface area contributed by atoms with Crippen LogP contribution in [0.3, 0.4) is 0 Å². The van der Waals surface area contributed by atoms with Crippen LogP contribution in [0.5, 0.6) is 0 Å². The maximum absolute atomic E-state index is 12.7. The van der Waals surface area contributed by atoms with Crippen molar-refractivity contribution in [1.29, 1.82) is 0 Å². The van der Waals surface area contributed by atoms with Crippen molar-refractivity contribution >= 4 is 17.9 Å². The van der Waals surface area contributed by atoms with Gasteiger partial charge in [-0.25, -0.2) is 4.79 Å². The zero-order chi connectivity index (χ0) is 45.6. The Kier molecular flexibility index (Phi) is 40.8. The third-order valence-corrected chi connectivity index (χ3v) is 9.92. The topological polar surface area (TPSA) is 99.1 Å². The number of hydrogen-bond acceptors (Lipinski definition) is 6. The molecule has 0 aromatic rings. The molecule has 62 heavy (non-hydrogen) atoms. The molecular formula is C54H88NO7+. The van der Waals surface area contributed by atoms with Gasteiger partial charge in [0.05, 0.1) is 34.4 Å². The van der Waals surface area contributed by atoms with Crippen molar-refractivity contribution < 1.29 is 38.2 Å². The number of quaternary nitrogens is 1. The average molecular weight is 863 g/mol. The molecule has 0 heterocycles. The lowest BCUT2D eigenvalue weighted by Gasteiger charge is -2.31. The van der Waals surface area contributed by atoms with Gasteiger partial charge in [-0.05, 0) is 96.3 Å². The van der Waals surface area contributed by atoms with Crippen molar-refractivity contribution in [2.75, 3.05) is 41.0 Å². The number of carbonyl (C=O) groups excluding carboxylic acids is 2. The minimum Gasteiger partial charge on any atom is -0.477 e. The lowest BCUT2D eigenvalue weighted by molar-refractivity contribution is -0.887. The van der Waals surface area contributed by atoms with Crippen molar-refractivity contribution in [3.8, 4) is 0 Å². The number of esters is 2. The third kappa shape index (κ3) is 41.3. The first-order valence-electron chi connectivity index (χ1n) is 23.9. The number of aliphatic carboxylic acids is 1. The summed E-state index contributed by atoms with van der Waals surface area (Å²) in [5.41, 5.74) is 0. The highest BCUT2D eigenvalue weighted by atomic mass is 16.6. The summed E-state index contributed by atoms with van der Waals surface area (Å²) in [6.45, 7) is 4.44. The Morgan fingerprint density at radius 3 is 1.27 bits per heavy atom. The monoisotopic (exact) mass is 863 g/mol. The summed E-state index contributed by atoms with van der Waals surface area (Å²) in [5.74, 6) is -1.54. The van der Waals surface area contributed by atoms with Crippen molar-refractivity contribution in [2.24, 2.45) is 0 Å². The summed E-state index contributed by atoms with van der Waals surface area (Å²) >= 11 is 0. The van der Waals surface area contributed by atoms with E-state index in [4.69, 9.17) is 14.2 Å². The van der Waals surface area contributed by atoms with E-state index in [1.165, 1.54) is 12.8 Å². The van der Waals surface area contributed by atoms with Crippen LogP contribution in [-0.2, 0) is 28.6 Å². The molecule has 0 fully saturated rings.